The molecule has 1 N–H and O–H groups in total. The Kier molecular flexibility index (Phi) is 6.27. The highest BCUT2D eigenvalue weighted by Crippen LogP contribution is 2.22. The van der Waals surface area contributed by atoms with Crippen molar-refractivity contribution < 1.29 is 9.59 Å². The lowest BCUT2D eigenvalue weighted by Crippen LogP contribution is -2.43. The molecule has 1 aliphatic rings. The van der Waals surface area contributed by atoms with E-state index in [9.17, 15) is 9.59 Å². The first-order valence-corrected chi connectivity index (χ1v) is 9.85. The molecule has 0 spiro atoms. The standard InChI is InChI=1S/C21H28N4O2/c1-3-12-22-20(26)16-10-13-24(14-11-16)21(27)18-15-23-25(19(18)4-2)17-8-6-5-7-9-17/h5-9,15-16H,3-4,10-14H2,1-2H3,(H,22,26). The summed E-state index contributed by atoms with van der Waals surface area (Å²) in [6.07, 6.45) is 4.78. The van der Waals surface area contributed by atoms with Crippen molar-refractivity contribution in [1.29, 1.82) is 0 Å². The fourth-order valence-electron chi connectivity index (χ4n) is 3.59. The first kappa shape index (κ1) is 19.1. The Balaban J connectivity index is 1.69. The van der Waals surface area contributed by atoms with Crippen LogP contribution in [0.5, 0.6) is 0 Å². The third-order valence-electron chi connectivity index (χ3n) is 5.14. The maximum Gasteiger partial charge on any atom is 0.257 e. The number of carbonyl (C=O) groups is 2. The molecule has 0 unspecified atom stereocenters. The molecule has 3 rings (SSSR count). The van der Waals surface area contributed by atoms with Crippen LogP contribution in [0.4, 0.5) is 0 Å². The zero-order valence-corrected chi connectivity index (χ0v) is 16.1. The van der Waals surface area contributed by atoms with Crippen molar-refractivity contribution >= 4 is 11.8 Å². The van der Waals surface area contributed by atoms with Gasteiger partial charge in [-0.05, 0) is 37.8 Å². The molecule has 27 heavy (non-hydrogen) atoms. The number of benzene rings is 1. The lowest BCUT2D eigenvalue weighted by molar-refractivity contribution is -0.126. The van der Waals surface area contributed by atoms with Crippen molar-refractivity contribution in [3.63, 3.8) is 0 Å². The van der Waals surface area contributed by atoms with Crippen molar-refractivity contribution in [2.75, 3.05) is 19.6 Å². The number of piperidine rings is 1. The summed E-state index contributed by atoms with van der Waals surface area (Å²) in [5, 5.41) is 7.42. The van der Waals surface area contributed by atoms with Crippen molar-refractivity contribution in [3.8, 4) is 5.69 Å². The molecule has 1 aliphatic heterocycles. The van der Waals surface area contributed by atoms with Gasteiger partial charge in [0.2, 0.25) is 5.91 Å². The molecular weight excluding hydrogens is 340 g/mol. The topological polar surface area (TPSA) is 67.2 Å². The summed E-state index contributed by atoms with van der Waals surface area (Å²) < 4.78 is 1.85. The summed E-state index contributed by atoms with van der Waals surface area (Å²) in [6, 6.07) is 9.87. The van der Waals surface area contributed by atoms with Gasteiger partial charge in [0.05, 0.1) is 23.1 Å². The van der Waals surface area contributed by atoms with E-state index in [2.05, 4.69) is 10.4 Å². The second-order valence-corrected chi connectivity index (χ2v) is 6.96. The van der Waals surface area contributed by atoms with Gasteiger partial charge in [-0.3, -0.25) is 9.59 Å². The average molecular weight is 368 g/mol. The van der Waals surface area contributed by atoms with E-state index >= 15 is 0 Å². The van der Waals surface area contributed by atoms with Gasteiger partial charge in [-0.25, -0.2) is 4.68 Å². The maximum atomic E-state index is 13.0. The Bertz CT molecular complexity index is 777. The zero-order valence-electron chi connectivity index (χ0n) is 16.1. The first-order valence-electron chi connectivity index (χ1n) is 9.85. The molecule has 0 aliphatic carbocycles. The van der Waals surface area contributed by atoms with Gasteiger partial charge in [0.15, 0.2) is 0 Å². The zero-order chi connectivity index (χ0) is 19.2. The van der Waals surface area contributed by atoms with Crippen LogP contribution in [0.15, 0.2) is 36.5 Å². The number of nitrogens with one attached hydrogen (secondary N) is 1. The molecule has 0 radical (unpaired) electrons. The number of carbonyl (C=O) groups excluding carboxylic acids is 2. The van der Waals surface area contributed by atoms with Gasteiger partial charge in [-0.1, -0.05) is 32.0 Å². The minimum absolute atomic E-state index is 0.0123. The van der Waals surface area contributed by atoms with Crippen molar-refractivity contribution in [2.45, 2.75) is 39.5 Å². The summed E-state index contributed by atoms with van der Waals surface area (Å²) >= 11 is 0. The van der Waals surface area contributed by atoms with Crippen LogP contribution in [-0.4, -0.2) is 46.1 Å². The van der Waals surface area contributed by atoms with E-state index in [1.807, 2.05) is 53.8 Å². The van der Waals surface area contributed by atoms with Crippen LogP contribution >= 0.6 is 0 Å². The normalized spacial score (nSPS) is 15.0. The van der Waals surface area contributed by atoms with Crippen LogP contribution in [-0.2, 0) is 11.2 Å². The molecule has 6 nitrogen and oxygen atoms in total. The van der Waals surface area contributed by atoms with Crippen LogP contribution in [0.1, 0.15) is 49.2 Å². The SMILES string of the molecule is CCCNC(=O)C1CCN(C(=O)c2cnn(-c3ccccc3)c2CC)CC1. The van der Waals surface area contributed by atoms with E-state index in [0.29, 0.717) is 18.7 Å². The fraction of sp³-hybridized carbons (Fsp3) is 0.476. The quantitative estimate of drug-likeness (QED) is 0.853. The summed E-state index contributed by atoms with van der Waals surface area (Å²) in [6.45, 7) is 6.03. The van der Waals surface area contributed by atoms with Gasteiger partial charge in [0, 0.05) is 25.6 Å². The molecule has 1 aromatic heterocycles. The van der Waals surface area contributed by atoms with Gasteiger partial charge < -0.3 is 10.2 Å². The van der Waals surface area contributed by atoms with Gasteiger partial charge >= 0.3 is 0 Å². The minimum Gasteiger partial charge on any atom is -0.356 e. The number of aromatic nitrogens is 2. The first-order chi connectivity index (χ1) is 13.2. The van der Waals surface area contributed by atoms with Crippen LogP contribution in [0, 0.1) is 5.92 Å². The average Bonchev–Trinajstić information content (AvgIpc) is 3.16. The van der Waals surface area contributed by atoms with Crippen molar-refractivity contribution in [3.05, 3.63) is 47.8 Å². The molecular formula is C21H28N4O2. The van der Waals surface area contributed by atoms with E-state index in [-0.39, 0.29) is 17.7 Å². The summed E-state index contributed by atoms with van der Waals surface area (Å²) in [4.78, 5) is 27.0. The molecule has 0 atom stereocenters. The number of likely N-dealkylation sites (tertiary alicyclic amines) is 1. The summed E-state index contributed by atoms with van der Waals surface area (Å²) in [7, 11) is 0. The summed E-state index contributed by atoms with van der Waals surface area (Å²) in [5.41, 5.74) is 2.55. The Morgan fingerprint density at radius 1 is 1.15 bits per heavy atom. The highest BCUT2D eigenvalue weighted by Gasteiger charge is 2.29. The molecule has 144 valence electrons. The van der Waals surface area contributed by atoms with Gasteiger partial charge in [0.25, 0.3) is 5.91 Å². The smallest absolute Gasteiger partial charge is 0.257 e. The molecule has 6 heteroatoms. The lowest BCUT2D eigenvalue weighted by atomic mass is 9.95. The predicted octanol–water partition coefficient (Wildman–Crippen LogP) is 2.81. The fourth-order valence-corrected chi connectivity index (χ4v) is 3.59. The minimum atomic E-state index is 0.0123. The van der Waals surface area contributed by atoms with Crippen LogP contribution in [0.25, 0.3) is 5.69 Å². The van der Waals surface area contributed by atoms with E-state index in [4.69, 9.17) is 0 Å². The number of hydrogen-bond donors (Lipinski definition) is 1. The molecule has 0 saturated carbocycles. The number of nitrogens with zero attached hydrogens (tertiary/aromatic N) is 3. The van der Waals surface area contributed by atoms with Gasteiger partial charge in [-0.15, -0.1) is 0 Å². The number of hydrogen-bond acceptors (Lipinski definition) is 3. The third kappa shape index (κ3) is 4.21. The van der Waals surface area contributed by atoms with Crippen LogP contribution < -0.4 is 5.32 Å². The molecule has 2 aromatic rings. The largest absolute Gasteiger partial charge is 0.356 e. The molecule has 1 fully saturated rings. The molecule has 1 aromatic carbocycles. The second-order valence-electron chi connectivity index (χ2n) is 6.96. The Labute approximate surface area is 160 Å². The van der Waals surface area contributed by atoms with E-state index in [1.165, 1.54) is 0 Å². The van der Waals surface area contributed by atoms with Crippen molar-refractivity contribution in [1.82, 2.24) is 20.0 Å². The monoisotopic (exact) mass is 368 g/mol. The van der Waals surface area contributed by atoms with Crippen molar-refractivity contribution in [2.24, 2.45) is 5.92 Å². The highest BCUT2D eigenvalue weighted by molar-refractivity contribution is 5.95. The van der Waals surface area contributed by atoms with Gasteiger partial charge in [0.1, 0.15) is 0 Å². The molecule has 2 heterocycles. The molecule has 2 amide bonds. The third-order valence-corrected chi connectivity index (χ3v) is 5.14. The summed E-state index contributed by atoms with van der Waals surface area (Å²) in [5.74, 6) is 0.148. The predicted molar refractivity (Wildman–Crippen MR) is 105 cm³/mol. The molecule has 0 bridgehead atoms. The van der Waals surface area contributed by atoms with Crippen LogP contribution in [0.2, 0.25) is 0 Å². The lowest BCUT2D eigenvalue weighted by Gasteiger charge is -2.31. The maximum absolute atomic E-state index is 13.0. The van der Waals surface area contributed by atoms with E-state index < -0.39 is 0 Å². The van der Waals surface area contributed by atoms with E-state index in [1.54, 1.807) is 6.20 Å². The number of rotatable bonds is 6. The molecule has 1 saturated heterocycles. The van der Waals surface area contributed by atoms with Gasteiger partial charge in [-0.2, -0.15) is 5.10 Å². The Morgan fingerprint density at radius 2 is 1.85 bits per heavy atom. The van der Waals surface area contributed by atoms with Crippen LogP contribution in [0.3, 0.4) is 0 Å². The second kappa shape index (κ2) is 8.84. The number of amides is 2. The highest BCUT2D eigenvalue weighted by atomic mass is 16.2. The number of para-hydroxylation sites is 1. The Morgan fingerprint density at radius 3 is 2.48 bits per heavy atom. The Hall–Kier alpha value is -2.63. The van der Waals surface area contributed by atoms with E-state index in [0.717, 1.165) is 43.6 Å².